The summed E-state index contributed by atoms with van der Waals surface area (Å²) in [5.74, 6) is -3.04. The Morgan fingerprint density at radius 2 is 1.70 bits per heavy atom. The minimum atomic E-state index is -1.24. The van der Waals surface area contributed by atoms with Crippen LogP contribution in [-0.4, -0.2) is 74.2 Å². The fourth-order valence-electron chi connectivity index (χ4n) is 4.66. The zero-order valence-corrected chi connectivity index (χ0v) is 24.6. The van der Waals surface area contributed by atoms with Crippen LogP contribution in [0.15, 0.2) is 72.9 Å². The summed E-state index contributed by atoms with van der Waals surface area (Å²) in [6.07, 6.45) is 0.0560. The average Bonchev–Trinajstić information content (AvgIpc) is 3.07. The Labute approximate surface area is 254 Å². The van der Waals surface area contributed by atoms with Crippen molar-refractivity contribution in [3.8, 4) is 11.5 Å². The molecule has 0 radical (unpaired) electrons. The van der Waals surface area contributed by atoms with Gasteiger partial charge in [0, 0.05) is 25.1 Å². The average molecular weight is 607 g/mol. The van der Waals surface area contributed by atoms with Crippen LogP contribution in [0.3, 0.4) is 0 Å². The van der Waals surface area contributed by atoms with Crippen molar-refractivity contribution < 1.29 is 47.6 Å². The van der Waals surface area contributed by atoms with Crippen molar-refractivity contribution in [2.45, 2.75) is 38.5 Å². The van der Waals surface area contributed by atoms with E-state index >= 15 is 0 Å². The van der Waals surface area contributed by atoms with E-state index in [2.05, 4.69) is 10.3 Å². The van der Waals surface area contributed by atoms with Crippen molar-refractivity contribution in [3.63, 3.8) is 0 Å². The van der Waals surface area contributed by atoms with E-state index in [0.717, 1.165) is 5.56 Å². The second-order valence-corrected chi connectivity index (χ2v) is 9.98. The lowest BCUT2D eigenvalue weighted by atomic mass is 9.91. The third-order valence-electron chi connectivity index (χ3n) is 6.80. The van der Waals surface area contributed by atoms with Crippen molar-refractivity contribution in [2.24, 2.45) is 5.92 Å². The maximum atomic E-state index is 13.3. The lowest BCUT2D eigenvalue weighted by molar-refractivity contribution is -0.157. The van der Waals surface area contributed by atoms with E-state index in [1.807, 2.05) is 30.3 Å². The normalized spacial score (nSPS) is 20.1. The number of nitrogens with one attached hydrogen (secondary N) is 1. The molecule has 232 valence electrons. The number of cyclic esters (lactones) is 1. The third kappa shape index (κ3) is 8.54. The van der Waals surface area contributed by atoms with E-state index < -0.39 is 48.9 Å². The Morgan fingerprint density at radius 3 is 2.39 bits per heavy atom. The van der Waals surface area contributed by atoms with E-state index in [4.69, 9.17) is 28.4 Å². The monoisotopic (exact) mass is 606 g/mol. The smallest absolute Gasteiger partial charge is 0.338 e. The second kappa shape index (κ2) is 15.5. The van der Waals surface area contributed by atoms with Crippen LogP contribution < -0.4 is 14.8 Å². The summed E-state index contributed by atoms with van der Waals surface area (Å²) in [6.45, 7) is 2.22. The molecule has 2 aromatic carbocycles. The van der Waals surface area contributed by atoms with Gasteiger partial charge in [0.15, 0.2) is 23.2 Å². The number of hydrogen-bond donors (Lipinski definition) is 1. The van der Waals surface area contributed by atoms with Gasteiger partial charge in [0.2, 0.25) is 6.79 Å². The fraction of sp³-hybridized carbons (Fsp3) is 0.344. The number of carbonyl (C=O) groups excluding carboxylic acids is 4. The van der Waals surface area contributed by atoms with Crippen LogP contribution in [0.2, 0.25) is 0 Å². The van der Waals surface area contributed by atoms with Gasteiger partial charge in [0.05, 0.1) is 25.9 Å². The Bertz CT molecular complexity index is 1430. The van der Waals surface area contributed by atoms with Gasteiger partial charge in [0.1, 0.15) is 12.2 Å². The van der Waals surface area contributed by atoms with Crippen LogP contribution in [0.1, 0.15) is 40.3 Å². The predicted molar refractivity (Wildman–Crippen MR) is 155 cm³/mol. The standard InChI is InChI=1S/C32H34N2O10/c1-20-28(44-31(37)23-12-8-5-9-13-23)24(16-22-10-6-4-7-11-22)17-40-18-25(32(38)43-20)34-30(36)27-29(42-19-41-21(2)35)26(39-3)14-15-33-27/h4-15,20,24-25,28H,16-19H2,1-3H3,(H,34,36). The number of carbonyl (C=O) groups is 4. The summed E-state index contributed by atoms with van der Waals surface area (Å²) in [7, 11) is 1.37. The highest BCUT2D eigenvalue weighted by Crippen LogP contribution is 2.30. The van der Waals surface area contributed by atoms with Gasteiger partial charge in [-0.3, -0.25) is 9.59 Å². The lowest BCUT2D eigenvalue weighted by Crippen LogP contribution is -2.46. The Morgan fingerprint density at radius 1 is 1.00 bits per heavy atom. The molecule has 44 heavy (non-hydrogen) atoms. The SMILES string of the molecule is COc1ccnc(C(=O)NC2COCC(Cc3ccccc3)C(OC(=O)c3ccccc3)C(C)OC2=O)c1OCOC(C)=O. The van der Waals surface area contributed by atoms with E-state index in [-0.39, 0.29) is 36.3 Å². The number of rotatable bonds is 10. The number of nitrogens with zero attached hydrogens (tertiary/aromatic N) is 1. The van der Waals surface area contributed by atoms with Gasteiger partial charge in [0.25, 0.3) is 5.91 Å². The number of benzene rings is 2. The molecule has 0 aliphatic carbocycles. The van der Waals surface area contributed by atoms with Crippen molar-refractivity contribution in [1.29, 1.82) is 0 Å². The molecular formula is C32H34N2O10. The highest BCUT2D eigenvalue weighted by molar-refractivity contribution is 5.98. The Kier molecular flexibility index (Phi) is 11.2. The Balaban J connectivity index is 1.54. The van der Waals surface area contributed by atoms with Crippen molar-refractivity contribution in [1.82, 2.24) is 10.3 Å². The quantitative estimate of drug-likeness (QED) is 0.206. The number of ether oxygens (including phenoxy) is 6. The summed E-state index contributed by atoms with van der Waals surface area (Å²) in [6, 6.07) is 18.4. The van der Waals surface area contributed by atoms with Crippen molar-refractivity contribution in [2.75, 3.05) is 27.1 Å². The van der Waals surface area contributed by atoms with E-state index in [1.165, 1.54) is 26.3 Å². The molecule has 4 rings (SSSR count). The molecule has 1 fully saturated rings. The molecule has 2 heterocycles. The third-order valence-corrected chi connectivity index (χ3v) is 6.80. The van der Waals surface area contributed by atoms with Gasteiger partial charge in [-0.05, 0) is 31.0 Å². The minimum Gasteiger partial charge on any atom is -0.493 e. The predicted octanol–water partition coefficient (Wildman–Crippen LogP) is 3.13. The van der Waals surface area contributed by atoms with Gasteiger partial charge in [-0.2, -0.15) is 0 Å². The molecule has 1 saturated heterocycles. The van der Waals surface area contributed by atoms with Crippen LogP contribution in [0.25, 0.3) is 0 Å². The molecule has 3 aromatic rings. The number of pyridine rings is 1. The zero-order valence-electron chi connectivity index (χ0n) is 24.6. The Hall–Kier alpha value is -4.97. The first-order valence-electron chi connectivity index (χ1n) is 13.9. The molecule has 1 aromatic heterocycles. The number of hydrogen-bond acceptors (Lipinski definition) is 11. The van der Waals surface area contributed by atoms with Crippen LogP contribution in [0.4, 0.5) is 0 Å². The topological polar surface area (TPSA) is 149 Å². The molecule has 0 spiro atoms. The second-order valence-electron chi connectivity index (χ2n) is 9.98. The van der Waals surface area contributed by atoms with Crippen molar-refractivity contribution >= 4 is 23.8 Å². The van der Waals surface area contributed by atoms with E-state index in [0.29, 0.717) is 12.0 Å². The van der Waals surface area contributed by atoms with Crippen LogP contribution >= 0.6 is 0 Å². The maximum Gasteiger partial charge on any atom is 0.338 e. The molecule has 0 bridgehead atoms. The molecule has 1 amide bonds. The van der Waals surface area contributed by atoms with Crippen LogP contribution in [0, 0.1) is 5.92 Å². The van der Waals surface area contributed by atoms with Crippen LogP contribution in [-0.2, 0) is 35.0 Å². The number of aromatic nitrogens is 1. The van der Waals surface area contributed by atoms with Gasteiger partial charge >= 0.3 is 17.9 Å². The summed E-state index contributed by atoms with van der Waals surface area (Å²) in [4.78, 5) is 55.0. The number of esters is 3. The molecular weight excluding hydrogens is 572 g/mol. The molecule has 4 atom stereocenters. The minimum absolute atomic E-state index is 0.0877. The first-order chi connectivity index (χ1) is 21.3. The molecule has 1 aliphatic heterocycles. The van der Waals surface area contributed by atoms with Gasteiger partial charge in [-0.1, -0.05) is 48.5 Å². The zero-order chi connectivity index (χ0) is 31.5. The first kappa shape index (κ1) is 32.0. The fourth-order valence-corrected chi connectivity index (χ4v) is 4.66. The number of amides is 1. The molecule has 0 saturated carbocycles. The maximum absolute atomic E-state index is 13.3. The first-order valence-corrected chi connectivity index (χ1v) is 13.9. The van der Waals surface area contributed by atoms with E-state index in [1.54, 1.807) is 37.3 Å². The highest BCUT2D eigenvalue weighted by Gasteiger charge is 2.38. The summed E-state index contributed by atoms with van der Waals surface area (Å²) >= 11 is 0. The largest absolute Gasteiger partial charge is 0.493 e. The molecule has 12 heteroatoms. The van der Waals surface area contributed by atoms with Gasteiger partial charge < -0.3 is 33.7 Å². The highest BCUT2D eigenvalue weighted by atomic mass is 16.7. The van der Waals surface area contributed by atoms with Gasteiger partial charge in [-0.25, -0.2) is 14.6 Å². The van der Waals surface area contributed by atoms with Crippen molar-refractivity contribution in [3.05, 3.63) is 89.7 Å². The molecule has 4 unspecified atom stereocenters. The molecule has 12 nitrogen and oxygen atoms in total. The lowest BCUT2D eigenvalue weighted by Gasteiger charge is -2.30. The van der Waals surface area contributed by atoms with Crippen LogP contribution in [0.5, 0.6) is 11.5 Å². The summed E-state index contributed by atoms with van der Waals surface area (Å²) < 4.78 is 33.2. The summed E-state index contributed by atoms with van der Waals surface area (Å²) in [5.41, 5.74) is 1.12. The number of methoxy groups -OCH3 is 1. The van der Waals surface area contributed by atoms with Gasteiger partial charge in [-0.15, -0.1) is 0 Å². The molecule has 1 N–H and O–H groups in total. The van der Waals surface area contributed by atoms with E-state index in [9.17, 15) is 19.2 Å². The molecule has 1 aliphatic rings. The summed E-state index contributed by atoms with van der Waals surface area (Å²) in [5, 5.41) is 2.59.